The second-order valence-corrected chi connectivity index (χ2v) is 8.60. The third-order valence-electron chi connectivity index (χ3n) is 5.17. The van der Waals surface area contributed by atoms with Crippen molar-refractivity contribution in [3.8, 4) is 11.1 Å². The quantitative estimate of drug-likeness (QED) is 0.364. The molecule has 1 saturated heterocycles. The van der Waals surface area contributed by atoms with Crippen LogP contribution in [0, 0.1) is 0 Å². The number of nitrogens with zero attached hydrogens (tertiary/aromatic N) is 1. The average Bonchev–Trinajstić information content (AvgIpc) is 3.13. The third-order valence-corrected chi connectivity index (χ3v) is 6.08. The van der Waals surface area contributed by atoms with E-state index < -0.39 is 29.6 Å². The lowest BCUT2D eigenvalue weighted by molar-refractivity contribution is -0.127. The molecule has 0 aromatic heterocycles. The van der Waals surface area contributed by atoms with Gasteiger partial charge in [-0.3, -0.25) is 19.3 Å². The maximum atomic E-state index is 12.8. The molecule has 0 aliphatic carbocycles. The van der Waals surface area contributed by atoms with E-state index in [9.17, 15) is 19.2 Å². The molecule has 1 N–H and O–H groups in total. The van der Waals surface area contributed by atoms with E-state index in [0.717, 1.165) is 33.4 Å². The number of carbonyl (C=O) groups is 4. The van der Waals surface area contributed by atoms with Crippen LogP contribution in [0.5, 0.6) is 0 Å². The highest BCUT2D eigenvalue weighted by Gasteiger charge is 2.36. The fourth-order valence-corrected chi connectivity index (χ4v) is 4.28. The van der Waals surface area contributed by atoms with Crippen LogP contribution < -0.4 is 5.32 Å². The van der Waals surface area contributed by atoms with Gasteiger partial charge in [0, 0.05) is 5.69 Å². The molecule has 0 bridgehead atoms. The minimum atomic E-state index is -0.523. The van der Waals surface area contributed by atoms with Crippen LogP contribution in [-0.2, 0) is 14.3 Å². The molecule has 4 rings (SSSR count). The Kier molecular flexibility index (Phi) is 7.42. The normalized spacial score (nSPS) is 14.3. The number of nitrogens with one attached hydrogen (secondary N) is 1. The van der Waals surface area contributed by atoms with Crippen LogP contribution in [0.2, 0.25) is 0 Å². The minimum Gasteiger partial charge on any atom is -0.462 e. The second-order valence-electron chi connectivity index (χ2n) is 7.60. The van der Waals surface area contributed by atoms with Gasteiger partial charge in [-0.25, -0.2) is 4.79 Å². The first kappa shape index (κ1) is 24.0. The highest BCUT2D eigenvalue weighted by Crippen LogP contribution is 2.32. The fraction of sp³-hybridized carbons (Fsp3) is 0.111. The van der Waals surface area contributed by atoms with Crippen molar-refractivity contribution in [1.29, 1.82) is 0 Å². The Balaban J connectivity index is 1.38. The number of rotatable bonds is 7. The number of thioether (sulfide) groups is 1. The number of benzene rings is 3. The fourth-order valence-electron chi connectivity index (χ4n) is 3.44. The van der Waals surface area contributed by atoms with Crippen molar-refractivity contribution in [2.75, 3.05) is 18.5 Å². The average molecular weight is 487 g/mol. The Morgan fingerprint density at radius 1 is 0.914 bits per heavy atom. The number of imide groups is 1. The molecule has 0 spiro atoms. The first-order chi connectivity index (χ1) is 16.9. The van der Waals surface area contributed by atoms with Gasteiger partial charge in [0.25, 0.3) is 11.1 Å². The molecule has 176 valence electrons. The van der Waals surface area contributed by atoms with E-state index in [4.69, 9.17) is 4.74 Å². The van der Waals surface area contributed by atoms with Crippen LogP contribution in [0.3, 0.4) is 0 Å². The molecular formula is C27H22N2O5S. The van der Waals surface area contributed by atoms with E-state index in [1.807, 2.05) is 54.6 Å². The van der Waals surface area contributed by atoms with E-state index in [1.165, 1.54) is 12.1 Å². The van der Waals surface area contributed by atoms with Crippen molar-refractivity contribution >= 4 is 46.5 Å². The van der Waals surface area contributed by atoms with E-state index >= 15 is 0 Å². The molecule has 3 amide bonds. The molecule has 1 fully saturated rings. The van der Waals surface area contributed by atoms with Crippen molar-refractivity contribution in [1.82, 2.24) is 4.90 Å². The molecule has 0 atom stereocenters. The number of hydrogen-bond donors (Lipinski definition) is 1. The Morgan fingerprint density at radius 3 is 2.23 bits per heavy atom. The van der Waals surface area contributed by atoms with Crippen molar-refractivity contribution in [3.63, 3.8) is 0 Å². The summed E-state index contributed by atoms with van der Waals surface area (Å²) >= 11 is 0.802. The van der Waals surface area contributed by atoms with Gasteiger partial charge >= 0.3 is 5.97 Å². The van der Waals surface area contributed by atoms with Crippen LogP contribution in [0.4, 0.5) is 10.5 Å². The van der Waals surface area contributed by atoms with Crippen LogP contribution in [0.1, 0.15) is 22.8 Å². The predicted molar refractivity (Wildman–Crippen MR) is 136 cm³/mol. The first-order valence-corrected chi connectivity index (χ1v) is 11.7. The summed E-state index contributed by atoms with van der Waals surface area (Å²) in [6.45, 7) is 1.57. The summed E-state index contributed by atoms with van der Waals surface area (Å²) in [6.07, 6.45) is 1.64. The number of anilines is 1. The summed E-state index contributed by atoms with van der Waals surface area (Å²) in [4.78, 5) is 50.5. The molecular weight excluding hydrogens is 464 g/mol. The van der Waals surface area contributed by atoms with Crippen LogP contribution >= 0.6 is 11.8 Å². The van der Waals surface area contributed by atoms with Gasteiger partial charge in [0.1, 0.15) is 6.54 Å². The van der Waals surface area contributed by atoms with Crippen LogP contribution in [-0.4, -0.2) is 41.1 Å². The van der Waals surface area contributed by atoms with Crippen molar-refractivity contribution < 1.29 is 23.9 Å². The lowest BCUT2D eigenvalue weighted by Crippen LogP contribution is -2.36. The summed E-state index contributed by atoms with van der Waals surface area (Å²) < 4.78 is 4.92. The van der Waals surface area contributed by atoms with Gasteiger partial charge in [-0.2, -0.15) is 0 Å². The van der Waals surface area contributed by atoms with Gasteiger partial charge in [0.05, 0.1) is 17.1 Å². The third kappa shape index (κ3) is 5.85. The highest BCUT2D eigenvalue weighted by atomic mass is 32.2. The number of ether oxygens (including phenoxy) is 1. The lowest BCUT2D eigenvalue weighted by Gasteiger charge is -2.12. The van der Waals surface area contributed by atoms with E-state index in [0.29, 0.717) is 11.3 Å². The Hall–Kier alpha value is -4.17. The van der Waals surface area contributed by atoms with E-state index in [-0.39, 0.29) is 11.5 Å². The monoisotopic (exact) mass is 486 g/mol. The molecule has 1 heterocycles. The van der Waals surface area contributed by atoms with Gasteiger partial charge in [0.15, 0.2) is 0 Å². The molecule has 3 aromatic rings. The predicted octanol–water partition coefficient (Wildman–Crippen LogP) is 5.21. The Morgan fingerprint density at radius 2 is 1.57 bits per heavy atom. The number of carbonyl (C=O) groups excluding carboxylic acids is 4. The SMILES string of the molecule is CCOC(=O)c1ccc(NC(=O)CN2C(=O)S/C(=C\c3ccc(-c4ccccc4)cc3)C2=O)cc1. The summed E-state index contributed by atoms with van der Waals surface area (Å²) in [5.74, 6) is -1.49. The molecule has 3 aromatic carbocycles. The van der Waals surface area contributed by atoms with Gasteiger partial charge < -0.3 is 10.1 Å². The topological polar surface area (TPSA) is 92.8 Å². The zero-order valence-electron chi connectivity index (χ0n) is 18.9. The van der Waals surface area contributed by atoms with Crippen molar-refractivity contribution in [3.05, 3.63) is 94.9 Å². The molecule has 0 saturated carbocycles. The minimum absolute atomic E-state index is 0.258. The molecule has 0 unspecified atom stereocenters. The molecule has 35 heavy (non-hydrogen) atoms. The molecule has 7 nitrogen and oxygen atoms in total. The van der Waals surface area contributed by atoms with Crippen LogP contribution in [0.15, 0.2) is 83.8 Å². The molecule has 1 aliphatic rings. The van der Waals surface area contributed by atoms with E-state index in [2.05, 4.69) is 5.32 Å². The maximum absolute atomic E-state index is 12.8. The first-order valence-electron chi connectivity index (χ1n) is 10.9. The number of hydrogen-bond acceptors (Lipinski definition) is 6. The number of amides is 3. The molecule has 0 radical (unpaired) electrons. The molecule has 8 heteroatoms. The maximum Gasteiger partial charge on any atom is 0.338 e. The van der Waals surface area contributed by atoms with Crippen LogP contribution in [0.25, 0.3) is 17.2 Å². The second kappa shape index (κ2) is 10.8. The summed E-state index contributed by atoms with van der Waals surface area (Å²) in [7, 11) is 0. The van der Waals surface area contributed by atoms with Gasteiger partial charge in [-0.05, 0) is 65.7 Å². The Bertz CT molecular complexity index is 1290. The zero-order valence-corrected chi connectivity index (χ0v) is 19.7. The largest absolute Gasteiger partial charge is 0.462 e. The zero-order chi connectivity index (χ0) is 24.8. The van der Waals surface area contributed by atoms with Gasteiger partial charge in [0.2, 0.25) is 5.91 Å². The van der Waals surface area contributed by atoms with Crippen molar-refractivity contribution in [2.45, 2.75) is 6.92 Å². The van der Waals surface area contributed by atoms with Gasteiger partial charge in [-0.15, -0.1) is 0 Å². The number of esters is 1. The Labute approximate surface area is 206 Å². The van der Waals surface area contributed by atoms with Crippen molar-refractivity contribution in [2.24, 2.45) is 0 Å². The lowest BCUT2D eigenvalue weighted by atomic mass is 10.0. The summed E-state index contributed by atoms with van der Waals surface area (Å²) in [6, 6.07) is 23.7. The molecule has 1 aliphatic heterocycles. The highest BCUT2D eigenvalue weighted by molar-refractivity contribution is 8.18. The summed E-state index contributed by atoms with van der Waals surface area (Å²) in [5.41, 5.74) is 3.70. The van der Waals surface area contributed by atoms with Gasteiger partial charge in [-0.1, -0.05) is 54.6 Å². The smallest absolute Gasteiger partial charge is 0.338 e. The van der Waals surface area contributed by atoms with E-state index in [1.54, 1.807) is 25.1 Å². The summed E-state index contributed by atoms with van der Waals surface area (Å²) in [5, 5.41) is 2.12. The standard InChI is InChI=1S/C27H22N2O5S/c1-2-34-26(32)21-12-14-22(15-13-21)28-24(30)17-29-25(31)23(35-27(29)33)16-18-8-10-20(11-9-18)19-6-4-3-5-7-19/h3-16H,2,17H2,1H3,(H,28,30)/b23-16-.